The molecule has 4 heteroatoms. The Labute approximate surface area is 137 Å². The summed E-state index contributed by atoms with van der Waals surface area (Å²) in [7, 11) is 0. The van der Waals surface area contributed by atoms with Gasteiger partial charge in [-0.05, 0) is 26.7 Å². The van der Waals surface area contributed by atoms with E-state index in [2.05, 4.69) is 13.8 Å². The topological polar surface area (TPSA) is 44.8 Å². The predicted octanol–water partition coefficient (Wildman–Crippen LogP) is 3.41. The number of carbonyl (C=O) groups excluding carboxylic acids is 1. The van der Waals surface area contributed by atoms with Crippen LogP contribution in [-0.4, -0.2) is 30.2 Å². The number of hydrogen-bond donors (Lipinski definition) is 0. The summed E-state index contributed by atoms with van der Waals surface area (Å²) >= 11 is 0. The average Bonchev–Trinajstić information content (AvgIpc) is 2.53. The van der Waals surface area contributed by atoms with Crippen LogP contribution in [0.3, 0.4) is 0 Å². The molecule has 1 aromatic carbocycles. The summed E-state index contributed by atoms with van der Waals surface area (Å²) in [5, 5.41) is 0. The van der Waals surface area contributed by atoms with Crippen LogP contribution in [0.1, 0.15) is 51.4 Å². The molecule has 1 saturated carbocycles. The van der Waals surface area contributed by atoms with Gasteiger partial charge in [-0.2, -0.15) is 0 Å². The van der Waals surface area contributed by atoms with Crippen molar-refractivity contribution < 1.29 is 19.0 Å². The molecule has 2 saturated heterocycles. The maximum absolute atomic E-state index is 12.8. The minimum Gasteiger partial charge on any atom is -0.371 e. The van der Waals surface area contributed by atoms with Crippen molar-refractivity contribution in [1.29, 1.82) is 0 Å². The van der Waals surface area contributed by atoms with Crippen molar-refractivity contribution >= 4 is 5.78 Å². The third-order valence-corrected chi connectivity index (χ3v) is 5.51. The Morgan fingerprint density at radius 1 is 1.13 bits per heavy atom. The lowest BCUT2D eigenvalue weighted by molar-refractivity contribution is -0.328. The van der Waals surface area contributed by atoms with Gasteiger partial charge in [0.05, 0.1) is 24.4 Å². The molecule has 124 valence electrons. The van der Waals surface area contributed by atoms with E-state index in [1.165, 1.54) is 0 Å². The van der Waals surface area contributed by atoms with Gasteiger partial charge in [-0.1, -0.05) is 30.3 Å². The monoisotopic (exact) mass is 316 g/mol. The van der Waals surface area contributed by atoms with Crippen LogP contribution in [0, 0.1) is 5.41 Å². The fourth-order valence-electron chi connectivity index (χ4n) is 4.35. The van der Waals surface area contributed by atoms with E-state index in [-0.39, 0.29) is 23.6 Å². The zero-order chi connectivity index (χ0) is 16.1. The average molecular weight is 316 g/mol. The molecule has 1 spiro atoms. The van der Waals surface area contributed by atoms with Gasteiger partial charge in [-0.25, -0.2) is 0 Å². The maximum Gasteiger partial charge on any atom is 0.184 e. The molecule has 0 aromatic heterocycles. The minimum absolute atomic E-state index is 0.0887. The summed E-state index contributed by atoms with van der Waals surface area (Å²) in [6.45, 7) is 4.58. The number of carbonyl (C=O) groups is 1. The van der Waals surface area contributed by atoms with Crippen molar-refractivity contribution in [3.05, 3.63) is 35.9 Å². The lowest BCUT2D eigenvalue weighted by Crippen LogP contribution is -2.66. The van der Waals surface area contributed by atoms with E-state index >= 15 is 0 Å². The zero-order valence-corrected chi connectivity index (χ0v) is 13.8. The molecule has 1 aromatic rings. The lowest BCUT2D eigenvalue weighted by atomic mass is 9.63. The molecule has 1 aliphatic carbocycles. The Hall–Kier alpha value is -1.23. The molecular weight excluding hydrogens is 292 g/mol. The van der Waals surface area contributed by atoms with Gasteiger partial charge in [0.15, 0.2) is 6.29 Å². The molecule has 23 heavy (non-hydrogen) atoms. The fourth-order valence-corrected chi connectivity index (χ4v) is 4.35. The summed E-state index contributed by atoms with van der Waals surface area (Å²) in [4.78, 5) is 12.8. The van der Waals surface area contributed by atoms with Crippen LogP contribution in [0.5, 0.6) is 0 Å². The van der Waals surface area contributed by atoms with Crippen molar-refractivity contribution in [2.45, 2.75) is 63.6 Å². The van der Waals surface area contributed by atoms with Crippen molar-refractivity contribution in [3.63, 3.8) is 0 Å². The van der Waals surface area contributed by atoms with E-state index < -0.39 is 11.7 Å². The highest BCUT2D eigenvalue weighted by Gasteiger charge is 2.62. The van der Waals surface area contributed by atoms with Gasteiger partial charge in [0.2, 0.25) is 0 Å². The summed E-state index contributed by atoms with van der Waals surface area (Å²) in [5.74, 6) is 0.251. The van der Waals surface area contributed by atoms with Gasteiger partial charge in [-0.15, -0.1) is 0 Å². The van der Waals surface area contributed by atoms with Crippen LogP contribution in [-0.2, 0) is 19.0 Å². The molecule has 4 nitrogen and oxygen atoms in total. The number of rotatable bonds is 1. The highest BCUT2D eigenvalue weighted by Crippen LogP contribution is 2.52. The Balaban J connectivity index is 1.66. The number of ketones is 1. The lowest BCUT2D eigenvalue weighted by Gasteiger charge is -2.57. The normalized spacial score (nSPS) is 39.4. The molecular formula is C19H24O4. The van der Waals surface area contributed by atoms with Crippen molar-refractivity contribution in [2.24, 2.45) is 5.41 Å². The van der Waals surface area contributed by atoms with Gasteiger partial charge < -0.3 is 14.2 Å². The summed E-state index contributed by atoms with van der Waals surface area (Å²) < 4.78 is 18.6. The van der Waals surface area contributed by atoms with Crippen LogP contribution < -0.4 is 0 Å². The number of benzene rings is 1. The van der Waals surface area contributed by atoms with E-state index in [0.29, 0.717) is 13.0 Å². The summed E-state index contributed by atoms with van der Waals surface area (Å²) in [6, 6.07) is 9.95. The Morgan fingerprint density at radius 2 is 1.91 bits per heavy atom. The van der Waals surface area contributed by atoms with Gasteiger partial charge in [-0.3, -0.25) is 4.79 Å². The highest BCUT2D eigenvalue weighted by molar-refractivity contribution is 5.87. The highest BCUT2D eigenvalue weighted by atomic mass is 16.7. The molecule has 0 amide bonds. The maximum atomic E-state index is 12.8. The van der Waals surface area contributed by atoms with Gasteiger partial charge in [0.25, 0.3) is 0 Å². The molecule has 4 unspecified atom stereocenters. The molecule has 4 rings (SSSR count). The quantitative estimate of drug-likeness (QED) is 0.796. The van der Waals surface area contributed by atoms with Gasteiger partial charge in [0.1, 0.15) is 11.2 Å². The van der Waals surface area contributed by atoms with E-state index in [1.54, 1.807) is 0 Å². The second-order valence-electron chi connectivity index (χ2n) is 7.60. The number of ether oxygens (including phenoxy) is 3. The van der Waals surface area contributed by atoms with Crippen LogP contribution in [0.25, 0.3) is 0 Å². The minimum atomic E-state index is -0.612. The van der Waals surface area contributed by atoms with Crippen LogP contribution in [0.4, 0.5) is 0 Å². The number of Topliss-reactive ketones (excluding diaryl/α,β-unsaturated/α-hetero) is 1. The summed E-state index contributed by atoms with van der Waals surface area (Å²) in [6.07, 6.45) is 2.53. The van der Waals surface area contributed by atoms with Crippen molar-refractivity contribution in [1.82, 2.24) is 0 Å². The Kier molecular flexibility index (Phi) is 3.59. The van der Waals surface area contributed by atoms with Crippen LogP contribution in [0.15, 0.2) is 30.3 Å². The molecule has 0 N–H and O–H groups in total. The molecule has 4 atom stereocenters. The first kappa shape index (κ1) is 15.3. The van der Waals surface area contributed by atoms with Gasteiger partial charge >= 0.3 is 0 Å². The second-order valence-corrected chi connectivity index (χ2v) is 7.60. The van der Waals surface area contributed by atoms with Crippen molar-refractivity contribution in [2.75, 3.05) is 6.61 Å². The van der Waals surface area contributed by atoms with E-state index in [4.69, 9.17) is 14.2 Å². The van der Waals surface area contributed by atoms with Crippen LogP contribution in [0.2, 0.25) is 0 Å². The summed E-state index contributed by atoms with van der Waals surface area (Å²) in [5.41, 5.74) is 0.125. The smallest absolute Gasteiger partial charge is 0.184 e. The molecule has 2 heterocycles. The molecule has 2 aliphatic heterocycles. The van der Waals surface area contributed by atoms with Crippen LogP contribution >= 0.6 is 0 Å². The molecule has 3 aliphatic rings. The first-order valence-corrected chi connectivity index (χ1v) is 8.54. The standard InChI is InChI=1S/C19H24O4/c1-18(2)11-16-19(14(20)9-6-10-15(19)23-18)12-21-17(22-16)13-7-4-3-5-8-13/h3-5,7-8,15-17H,6,9-12H2,1-2H3. The van der Waals surface area contributed by atoms with Crippen molar-refractivity contribution in [3.8, 4) is 0 Å². The Bertz CT molecular complexity index is 597. The largest absolute Gasteiger partial charge is 0.371 e. The predicted molar refractivity (Wildman–Crippen MR) is 84.9 cm³/mol. The molecule has 3 fully saturated rings. The SMILES string of the molecule is CC1(C)CC2OC(c3ccccc3)OCC23C(=O)CCCC3O1. The third kappa shape index (κ3) is 2.44. The first-order chi connectivity index (χ1) is 11.0. The first-order valence-electron chi connectivity index (χ1n) is 8.54. The molecule has 0 radical (unpaired) electrons. The van der Waals surface area contributed by atoms with E-state index in [1.807, 2.05) is 30.3 Å². The second kappa shape index (κ2) is 5.40. The van der Waals surface area contributed by atoms with E-state index in [0.717, 1.165) is 24.8 Å². The zero-order valence-electron chi connectivity index (χ0n) is 13.8. The number of hydrogen-bond acceptors (Lipinski definition) is 4. The van der Waals surface area contributed by atoms with E-state index in [9.17, 15) is 4.79 Å². The molecule has 0 bridgehead atoms. The van der Waals surface area contributed by atoms with Gasteiger partial charge in [0, 0.05) is 18.4 Å². The fraction of sp³-hybridized carbons (Fsp3) is 0.632. The Morgan fingerprint density at radius 3 is 2.70 bits per heavy atom. The third-order valence-electron chi connectivity index (χ3n) is 5.51.